The Morgan fingerprint density at radius 2 is 2.30 bits per heavy atom. The molecule has 2 rings (SSSR count). The second kappa shape index (κ2) is 8.19. The number of anilines is 1. The minimum absolute atomic E-state index is 0. The van der Waals surface area contributed by atoms with E-state index in [0.717, 1.165) is 26.1 Å². The molecule has 0 radical (unpaired) electrons. The topological polar surface area (TPSA) is 58.4 Å². The minimum atomic E-state index is -0.344. The Morgan fingerprint density at radius 3 is 2.95 bits per heavy atom. The third-order valence-corrected chi connectivity index (χ3v) is 3.47. The highest BCUT2D eigenvalue weighted by Crippen LogP contribution is 2.15. The molecule has 0 saturated carbocycles. The molecule has 1 aliphatic rings. The average Bonchev–Trinajstić information content (AvgIpc) is 2.84. The second-order valence-electron chi connectivity index (χ2n) is 5.00. The molecule has 1 saturated heterocycles. The molecule has 1 aromatic carbocycles. The minimum Gasteiger partial charge on any atom is -0.330 e. The summed E-state index contributed by atoms with van der Waals surface area (Å²) in [6, 6.07) is 5.93. The van der Waals surface area contributed by atoms with Gasteiger partial charge in [-0.05, 0) is 43.6 Å². The summed E-state index contributed by atoms with van der Waals surface area (Å²) in [7, 11) is 0. The van der Waals surface area contributed by atoms with E-state index < -0.39 is 0 Å². The summed E-state index contributed by atoms with van der Waals surface area (Å²) < 4.78 is 13.0. The zero-order chi connectivity index (χ0) is 13.7. The van der Waals surface area contributed by atoms with Crippen LogP contribution in [0.25, 0.3) is 0 Å². The van der Waals surface area contributed by atoms with Crippen molar-refractivity contribution in [2.45, 2.75) is 12.8 Å². The van der Waals surface area contributed by atoms with Crippen molar-refractivity contribution in [1.29, 1.82) is 0 Å². The van der Waals surface area contributed by atoms with E-state index >= 15 is 0 Å². The van der Waals surface area contributed by atoms with E-state index in [0.29, 0.717) is 24.6 Å². The smallest absolute Gasteiger partial charge is 0.225 e. The lowest BCUT2D eigenvalue weighted by atomic mass is 10.1. The van der Waals surface area contributed by atoms with Gasteiger partial charge in [0.05, 0.1) is 0 Å². The lowest BCUT2D eigenvalue weighted by Crippen LogP contribution is -2.27. The Kier molecular flexibility index (Phi) is 6.91. The number of amides is 1. The first-order valence-corrected chi connectivity index (χ1v) is 6.65. The van der Waals surface area contributed by atoms with Crippen molar-refractivity contribution in [1.82, 2.24) is 4.90 Å². The Bertz CT molecular complexity index is 444. The zero-order valence-corrected chi connectivity index (χ0v) is 12.2. The number of rotatable bonds is 5. The number of carbonyl (C=O) groups excluding carboxylic acids is 1. The number of halogens is 2. The SMILES string of the molecule is Cl.NCC1CCN(CCC(=O)Nc2cccc(F)c2)C1. The third-order valence-electron chi connectivity index (χ3n) is 3.47. The molecule has 3 N–H and O–H groups in total. The van der Waals surface area contributed by atoms with E-state index in [1.165, 1.54) is 12.1 Å². The maximum absolute atomic E-state index is 13.0. The quantitative estimate of drug-likeness (QED) is 0.873. The van der Waals surface area contributed by atoms with E-state index in [2.05, 4.69) is 10.2 Å². The molecule has 6 heteroatoms. The van der Waals surface area contributed by atoms with E-state index in [1.54, 1.807) is 12.1 Å². The average molecular weight is 302 g/mol. The van der Waals surface area contributed by atoms with Crippen LogP contribution in [-0.4, -0.2) is 37.0 Å². The molecular formula is C14H21ClFN3O. The Hall–Kier alpha value is -1.17. The van der Waals surface area contributed by atoms with E-state index in [9.17, 15) is 9.18 Å². The van der Waals surface area contributed by atoms with Crippen molar-refractivity contribution in [2.24, 2.45) is 11.7 Å². The van der Waals surface area contributed by atoms with Crippen molar-refractivity contribution in [3.8, 4) is 0 Å². The number of hydrogen-bond donors (Lipinski definition) is 2. The number of nitrogens with one attached hydrogen (secondary N) is 1. The van der Waals surface area contributed by atoms with Gasteiger partial charge >= 0.3 is 0 Å². The first kappa shape index (κ1) is 16.9. The lowest BCUT2D eigenvalue weighted by Gasteiger charge is -2.15. The largest absolute Gasteiger partial charge is 0.330 e. The van der Waals surface area contributed by atoms with Crippen molar-refractivity contribution in [3.63, 3.8) is 0 Å². The Balaban J connectivity index is 0.00000200. The predicted octanol–water partition coefficient (Wildman–Crippen LogP) is 1.86. The fourth-order valence-corrected chi connectivity index (χ4v) is 2.36. The van der Waals surface area contributed by atoms with E-state index in [4.69, 9.17) is 5.73 Å². The van der Waals surface area contributed by atoms with Crippen LogP contribution < -0.4 is 11.1 Å². The molecule has 0 bridgehead atoms. The van der Waals surface area contributed by atoms with Gasteiger partial charge < -0.3 is 16.0 Å². The molecule has 112 valence electrons. The third kappa shape index (κ3) is 5.07. The van der Waals surface area contributed by atoms with Crippen LogP contribution in [0.4, 0.5) is 10.1 Å². The van der Waals surface area contributed by atoms with Crippen LogP contribution in [0.3, 0.4) is 0 Å². The summed E-state index contributed by atoms with van der Waals surface area (Å²) in [4.78, 5) is 14.0. The summed E-state index contributed by atoms with van der Waals surface area (Å²) in [6.45, 7) is 3.43. The summed E-state index contributed by atoms with van der Waals surface area (Å²) in [6.07, 6.45) is 1.54. The molecule has 1 atom stereocenters. The molecular weight excluding hydrogens is 281 g/mol. The van der Waals surface area contributed by atoms with Gasteiger partial charge in [0.15, 0.2) is 0 Å². The van der Waals surface area contributed by atoms with Gasteiger partial charge in [0.1, 0.15) is 5.82 Å². The summed E-state index contributed by atoms with van der Waals surface area (Å²) in [5, 5.41) is 2.70. The first-order valence-electron chi connectivity index (χ1n) is 6.65. The van der Waals surface area contributed by atoms with Gasteiger partial charge in [0.2, 0.25) is 5.91 Å². The summed E-state index contributed by atoms with van der Waals surface area (Å²) in [5.74, 6) is 0.135. The zero-order valence-electron chi connectivity index (χ0n) is 11.3. The van der Waals surface area contributed by atoms with Crippen LogP contribution in [0.2, 0.25) is 0 Å². The Labute approximate surface area is 124 Å². The highest BCUT2D eigenvalue weighted by Gasteiger charge is 2.21. The highest BCUT2D eigenvalue weighted by molar-refractivity contribution is 5.90. The van der Waals surface area contributed by atoms with E-state index in [-0.39, 0.29) is 24.1 Å². The molecule has 0 aliphatic carbocycles. The van der Waals surface area contributed by atoms with Gasteiger partial charge in [-0.15, -0.1) is 12.4 Å². The van der Waals surface area contributed by atoms with Crippen LogP contribution in [0.1, 0.15) is 12.8 Å². The second-order valence-corrected chi connectivity index (χ2v) is 5.00. The maximum atomic E-state index is 13.0. The van der Waals surface area contributed by atoms with E-state index in [1.807, 2.05) is 0 Å². The number of nitrogens with two attached hydrogens (primary N) is 1. The number of likely N-dealkylation sites (tertiary alicyclic amines) is 1. The monoisotopic (exact) mass is 301 g/mol. The summed E-state index contributed by atoms with van der Waals surface area (Å²) in [5.41, 5.74) is 6.13. The molecule has 20 heavy (non-hydrogen) atoms. The van der Waals surface area contributed by atoms with Gasteiger partial charge in [-0.25, -0.2) is 4.39 Å². The van der Waals surface area contributed by atoms with Crippen molar-refractivity contribution >= 4 is 24.0 Å². The number of carbonyl (C=O) groups is 1. The van der Waals surface area contributed by atoms with Gasteiger partial charge in [-0.1, -0.05) is 6.07 Å². The van der Waals surface area contributed by atoms with Crippen molar-refractivity contribution < 1.29 is 9.18 Å². The van der Waals surface area contributed by atoms with Gasteiger partial charge in [-0.3, -0.25) is 4.79 Å². The van der Waals surface area contributed by atoms with Gasteiger partial charge in [-0.2, -0.15) is 0 Å². The lowest BCUT2D eigenvalue weighted by molar-refractivity contribution is -0.116. The molecule has 1 aliphatic heterocycles. The molecule has 1 unspecified atom stereocenters. The molecule has 0 aromatic heterocycles. The molecule has 1 amide bonds. The van der Waals surface area contributed by atoms with Crippen LogP contribution >= 0.6 is 12.4 Å². The first-order chi connectivity index (χ1) is 9.17. The standard InChI is InChI=1S/C14H20FN3O.ClH/c15-12-2-1-3-13(8-12)17-14(19)5-7-18-6-4-11(9-16)10-18;/h1-3,8,11H,4-7,9-10,16H2,(H,17,19);1H. The van der Waals surface area contributed by atoms with Crippen molar-refractivity contribution in [3.05, 3.63) is 30.1 Å². The van der Waals surface area contributed by atoms with Crippen LogP contribution in [0.5, 0.6) is 0 Å². The predicted molar refractivity (Wildman–Crippen MR) is 80.5 cm³/mol. The fourth-order valence-electron chi connectivity index (χ4n) is 2.36. The molecule has 4 nitrogen and oxygen atoms in total. The fraction of sp³-hybridized carbons (Fsp3) is 0.500. The van der Waals surface area contributed by atoms with Crippen LogP contribution in [0, 0.1) is 11.7 Å². The number of hydrogen-bond acceptors (Lipinski definition) is 3. The summed E-state index contributed by atoms with van der Waals surface area (Å²) >= 11 is 0. The number of nitrogens with zero attached hydrogens (tertiary/aromatic N) is 1. The van der Waals surface area contributed by atoms with Crippen molar-refractivity contribution in [2.75, 3.05) is 31.5 Å². The van der Waals surface area contributed by atoms with Crippen LogP contribution in [0.15, 0.2) is 24.3 Å². The highest BCUT2D eigenvalue weighted by atomic mass is 35.5. The normalized spacial score (nSPS) is 18.6. The van der Waals surface area contributed by atoms with Crippen LogP contribution in [-0.2, 0) is 4.79 Å². The molecule has 0 spiro atoms. The number of benzene rings is 1. The van der Waals surface area contributed by atoms with Gasteiger partial charge in [0, 0.05) is 25.2 Å². The Morgan fingerprint density at radius 1 is 1.50 bits per heavy atom. The van der Waals surface area contributed by atoms with Gasteiger partial charge in [0.25, 0.3) is 0 Å². The molecule has 1 fully saturated rings. The molecule has 1 heterocycles. The maximum Gasteiger partial charge on any atom is 0.225 e. The molecule has 1 aromatic rings.